The van der Waals surface area contributed by atoms with E-state index in [0.29, 0.717) is 29.6 Å². The van der Waals surface area contributed by atoms with Crippen LogP contribution in [0.25, 0.3) is 10.8 Å². The molecule has 7 nitrogen and oxygen atoms in total. The number of H-pyrrole nitrogens is 1. The molecule has 0 spiro atoms. The number of aliphatic hydroxyl groups excluding tert-OH is 1. The Morgan fingerprint density at radius 2 is 1.84 bits per heavy atom. The van der Waals surface area contributed by atoms with Crippen molar-refractivity contribution < 1.29 is 9.90 Å². The van der Waals surface area contributed by atoms with Gasteiger partial charge in [0, 0.05) is 37.6 Å². The molecule has 1 aromatic carbocycles. The Morgan fingerprint density at radius 3 is 2.52 bits per heavy atom. The largest absolute Gasteiger partial charge is 0.391 e. The lowest BCUT2D eigenvalue weighted by Gasteiger charge is -2.39. The fourth-order valence-corrected chi connectivity index (χ4v) is 4.03. The summed E-state index contributed by atoms with van der Waals surface area (Å²) < 4.78 is 0. The molecule has 4 rings (SSSR count). The van der Waals surface area contributed by atoms with Crippen molar-refractivity contribution in [2.45, 2.75) is 31.4 Å². The third-order valence-corrected chi connectivity index (χ3v) is 5.41. The summed E-state index contributed by atoms with van der Waals surface area (Å²) in [4.78, 5) is 28.8. The van der Waals surface area contributed by atoms with Crippen molar-refractivity contribution in [1.82, 2.24) is 20.0 Å². The summed E-state index contributed by atoms with van der Waals surface area (Å²) in [6.45, 7) is 2.73. The number of benzene rings is 1. The lowest BCUT2D eigenvalue weighted by atomic mass is 10.1. The number of piperazine rings is 1. The second-order valence-corrected chi connectivity index (χ2v) is 6.84. The highest BCUT2D eigenvalue weighted by Gasteiger charge is 2.34. The van der Waals surface area contributed by atoms with E-state index in [4.69, 9.17) is 0 Å². The Morgan fingerprint density at radius 1 is 1.12 bits per heavy atom. The topological polar surface area (TPSA) is 89.5 Å². The monoisotopic (exact) mass is 342 g/mol. The summed E-state index contributed by atoms with van der Waals surface area (Å²) in [6, 6.07) is 7.27. The van der Waals surface area contributed by atoms with Gasteiger partial charge in [0.1, 0.15) is 0 Å². The van der Waals surface area contributed by atoms with Gasteiger partial charge >= 0.3 is 0 Å². The molecule has 2 N–H and O–H groups in total. The molecule has 2 fully saturated rings. The molecule has 0 unspecified atom stereocenters. The van der Waals surface area contributed by atoms with Crippen LogP contribution in [-0.2, 0) is 0 Å². The first-order valence-corrected chi connectivity index (χ1v) is 8.84. The summed E-state index contributed by atoms with van der Waals surface area (Å²) in [5.74, 6) is -0.154. The van der Waals surface area contributed by atoms with Crippen LogP contribution in [0.4, 0.5) is 0 Å². The van der Waals surface area contributed by atoms with E-state index < -0.39 is 0 Å². The smallest absolute Gasteiger partial charge is 0.275 e. The molecule has 2 atom stereocenters. The average Bonchev–Trinajstić information content (AvgIpc) is 3.08. The zero-order chi connectivity index (χ0) is 17.4. The van der Waals surface area contributed by atoms with Gasteiger partial charge < -0.3 is 10.0 Å². The Hall–Kier alpha value is -2.25. The number of carbonyl (C=O) groups excluding carboxylic acids is 1. The number of nitrogens with one attached hydrogen (secondary N) is 1. The fourth-order valence-electron chi connectivity index (χ4n) is 4.03. The highest BCUT2D eigenvalue weighted by atomic mass is 16.3. The van der Waals surface area contributed by atoms with E-state index in [9.17, 15) is 14.7 Å². The van der Waals surface area contributed by atoms with Crippen molar-refractivity contribution in [2.75, 3.05) is 26.2 Å². The van der Waals surface area contributed by atoms with E-state index >= 15 is 0 Å². The number of nitrogens with zero attached hydrogens (tertiary/aromatic N) is 3. The molecule has 2 heterocycles. The number of amides is 1. The quantitative estimate of drug-likeness (QED) is 0.834. The number of aromatic amines is 1. The molecule has 1 aromatic heterocycles. The molecule has 132 valence electrons. The summed E-state index contributed by atoms with van der Waals surface area (Å²) >= 11 is 0. The number of hydrogen-bond donors (Lipinski definition) is 2. The average molecular weight is 342 g/mol. The molecule has 2 aromatic rings. The molecule has 1 amide bonds. The van der Waals surface area contributed by atoms with E-state index in [2.05, 4.69) is 15.1 Å². The van der Waals surface area contributed by atoms with Gasteiger partial charge in [0.15, 0.2) is 5.69 Å². The van der Waals surface area contributed by atoms with Crippen LogP contribution in [-0.4, -0.2) is 69.3 Å². The first-order chi connectivity index (χ1) is 12.1. The fraction of sp³-hybridized carbons (Fsp3) is 0.500. The highest BCUT2D eigenvalue weighted by molar-refractivity contribution is 6.04. The maximum atomic E-state index is 12.9. The summed E-state index contributed by atoms with van der Waals surface area (Å²) in [5.41, 5.74) is 0.0109. The molecule has 0 bridgehead atoms. The van der Waals surface area contributed by atoms with E-state index in [1.807, 2.05) is 0 Å². The third kappa shape index (κ3) is 2.94. The summed E-state index contributed by atoms with van der Waals surface area (Å²) in [6.07, 6.45) is 2.73. The molecule has 1 aliphatic heterocycles. The zero-order valence-electron chi connectivity index (χ0n) is 14.0. The number of carbonyl (C=O) groups is 1. The number of rotatable bonds is 2. The lowest BCUT2D eigenvalue weighted by Crippen LogP contribution is -2.53. The van der Waals surface area contributed by atoms with Crippen molar-refractivity contribution in [3.05, 3.63) is 40.3 Å². The highest BCUT2D eigenvalue weighted by Crippen LogP contribution is 2.25. The molecule has 25 heavy (non-hydrogen) atoms. The van der Waals surface area contributed by atoms with E-state index in [1.54, 1.807) is 29.2 Å². The second kappa shape index (κ2) is 6.57. The minimum atomic E-state index is -0.285. The molecule has 1 saturated heterocycles. The molecule has 0 radical (unpaired) electrons. The maximum Gasteiger partial charge on any atom is 0.275 e. The van der Waals surface area contributed by atoms with Gasteiger partial charge in [0.05, 0.1) is 11.5 Å². The van der Waals surface area contributed by atoms with Crippen molar-refractivity contribution >= 4 is 16.7 Å². The standard InChI is InChI=1S/C18H22N4O3/c23-15-7-3-6-14(15)21-8-10-22(11-9-21)18(25)16-12-4-1-2-5-13(12)17(24)20-19-16/h1-2,4-5,14-15,23H,3,6-11H2,(H,20,24)/t14-,15-/m0/s1. The van der Waals surface area contributed by atoms with Gasteiger partial charge in [-0.3, -0.25) is 14.5 Å². The van der Waals surface area contributed by atoms with Crippen LogP contribution in [0.1, 0.15) is 29.8 Å². The minimum absolute atomic E-state index is 0.154. The van der Waals surface area contributed by atoms with Crippen LogP contribution in [0, 0.1) is 0 Å². The normalized spacial score (nSPS) is 24.8. The summed E-state index contributed by atoms with van der Waals surface area (Å²) in [5, 5.41) is 17.6. The van der Waals surface area contributed by atoms with Gasteiger partial charge in [-0.25, -0.2) is 5.10 Å². The number of fused-ring (bicyclic) bond motifs is 1. The van der Waals surface area contributed by atoms with Crippen LogP contribution in [0.3, 0.4) is 0 Å². The van der Waals surface area contributed by atoms with Crippen LogP contribution < -0.4 is 5.56 Å². The van der Waals surface area contributed by atoms with Crippen molar-refractivity contribution in [1.29, 1.82) is 0 Å². The van der Waals surface area contributed by atoms with E-state index in [1.165, 1.54) is 0 Å². The molecular formula is C18H22N4O3. The number of hydrogen-bond acceptors (Lipinski definition) is 5. The zero-order valence-corrected chi connectivity index (χ0v) is 14.0. The third-order valence-electron chi connectivity index (χ3n) is 5.41. The second-order valence-electron chi connectivity index (χ2n) is 6.84. The Bertz CT molecular complexity index is 842. The van der Waals surface area contributed by atoms with Gasteiger partial charge in [-0.15, -0.1) is 0 Å². The van der Waals surface area contributed by atoms with E-state index in [0.717, 1.165) is 32.4 Å². The van der Waals surface area contributed by atoms with Gasteiger partial charge in [0.25, 0.3) is 11.5 Å². The summed E-state index contributed by atoms with van der Waals surface area (Å²) in [7, 11) is 0. The van der Waals surface area contributed by atoms with Crippen LogP contribution in [0.15, 0.2) is 29.1 Å². The Labute approximate surface area is 145 Å². The molecular weight excluding hydrogens is 320 g/mol. The van der Waals surface area contributed by atoms with E-state index in [-0.39, 0.29) is 23.6 Å². The Kier molecular flexibility index (Phi) is 4.27. The molecule has 1 saturated carbocycles. The first-order valence-electron chi connectivity index (χ1n) is 8.84. The lowest BCUT2D eigenvalue weighted by molar-refractivity contribution is 0.0313. The van der Waals surface area contributed by atoms with Crippen LogP contribution in [0.2, 0.25) is 0 Å². The first kappa shape index (κ1) is 16.2. The number of aliphatic hydroxyl groups is 1. The molecule has 2 aliphatic rings. The minimum Gasteiger partial charge on any atom is -0.391 e. The van der Waals surface area contributed by atoms with Gasteiger partial charge in [-0.2, -0.15) is 5.10 Å². The van der Waals surface area contributed by atoms with Gasteiger partial charge in [-0.05, 0) is 25.3 Å². The maximum absolute atomic E-state index is 12.9. The SMILES string of the molecule is O=C(c1n[nH]c(=O)c2ccccc12)N1CCN([C@H]2CCC[C@@H]2O)CC1. The Balaban J connectivity index is 1.51. The van der Waals surface area contributed by atoms with Gasteiger partial charge in [-0.1, -0.05) is 18.2 Å². The predicted molar refractivity (Wildman–Crippen MR) is 93.5 cm³/mol. The van der Waals surface area contributed by atoms with Crippen molar-refractivity contribution in [3.63, 3.8) is 0 Å². The van der Waals surface area contributed by atoms with Crippen LogP contribution >= 0.6 is 0 Å². The van der Waals surface area contributed by atoms with Crippen molar-refractivity contribution in [2.24, 2.45) is 0 Å². The molecule has 1 aliphatic carbocycles. The predicted octanol–water partition coefficient (Wildman–Crippen LogP) is 0.594. The molecule has 7 heteroatoms. The van der Waals surface area contributed by atoms with Crippen molar-refractivity contribution in [3.8, 4) is 0 Å². The van der Waals surface area contributed by atoms with Crippen LogP contribution in [0.5, 0.6) is 0 Å². The number of aromatic nitrogens is 2. The van der Waals surface area contributed by atoms with Gasteiger partial charge in [0.2, 0.25) is 0 Å².